The Morgan fingerprint density at radius 2 is 1.97 bits per heavy atom. The minimum absolute atomic E-state index is 0.0315. The lowest BCUT2D eigenvalue weighted by atomic mass is 10.1. The zero-order valence-corrected chi connectivity index (χ0v) is 21.5. The van der Waals surface area contributed by atoms with Crippen LogP contribution in [-0.4, -0.2) is 13.0 Å². The summed E-state index contributed by atoms with van der Waals surface area (Å²) in [5.41, 5.74) is 3.01. The first-order valence-corrected chi connectivity index (χ1v) is 11.6. The number of hydrogen-bond acceptors (Lipinski definition) is 4. The molecule has 0 bridgehead atoms. The number of aryl methyl sites for hydroxylation is 1. The van der Waals surface area contributed by atoms with E-state index in [0.29, 0.717) is 32.8 Å². The first-order valence-electron chi connectivity index (χ1n) is 9.74. The van der Waals surface area contributed by atoms with Crippen LogP contribution in [0.3, 0.4) is 0 Å². The molecule has 0 radical (unpaired) electrons. The highest BCUT2D eigenvalue weighted by Crippen LogP contribution is 2.36. The number of nitrogens with one attached hydrogen (secondary N) is 1. The van der Waals surface area contributed by atoms with Gasteiger partial charge in [-0.1, -0.05) is 41.4 Å². The molecule has 8 heteroatoms. The SMILES string of the molecule is COc1cc(/C=C(/C#N)C(=O)Nc2cccc(C)c2)cc(I)c1OCc1ccc(Cl)cc1Cl. The van der Waals surface area contributed by atoms with Gasteiger partial charge in [-0.05, 0) is 83.1 Å². The van der Waals surface area contributed by atoms with Crippen LogP contribution in [0.2, 0.25) is 10.0 Å². The predicted molar refractivity (Wildman–Crippen MR) is 140 cm³/mol. The number of nitriles is 1. The van der Waals surface area contributed by atoms with Crippen LogP contribution in [0.25, 0.3) is 6.08 Å². The van der Waals surface area contributed by atoms with Gasteiger partial charge < -0.3 is 14.8 Å². The number of rotatable bonds is 7. The fourth-order valence-electron chi connectivity index (χ4n) is 2.99. The molecular formula is C25H19Cl2IN2O3. The number of methoxy groups -OCH3 is 1. The monoisotopic (exact) mass is 592 g/mol. The van der Waals surface area contributed by atoms with Crippen LogP contribution in [0.1, 0.15) is 16.7 Å². The van der Waals surface area contributed by atoms with E-state index in [1.165, 1.54) is 13.2 Å². The quantitative estimate of drug-likeness (QED) is 0.181. The second-order valence-electron chi connectivity index (χ2n) is 7.05. The number of halogens is 3. The predicted octanol–water partition coefficient (Wildman–Crippen LogP) is 7.04. The Morgan fingerprint density at radius 1 is 1.18 bits per heavy atom. The number of carbonyl (C=O) groups excluding carboxylic acids is 1. The molecule has 3 rings (SSSR count). The van der Waals surface area contributed by atoms with Crippen molar-refractivity contribution in [2.24, 2.45) is 0 Å². The highest BCUT2D eigenvalue weighted by molar-refractivity contribution is 14.1. The zero-order chi connectivity index (χ0) is 24.0. The second kappa shape index (κ2) is 11.4. The molecule has 0 unspecified atom stereocenters. The van der Waals surface area contributed by atoms with Crippen molar-refractivity contribution in [1.82, 2.24) is 0 Å². The minimum Gasteiger partial charge on any atom is -0.493 e. The van der Waals surface area contributed by atoms with Gasteiger partial charge >= 0.3 is 0 Å². The van der Waals surface area contributed by atoms with Gasteiger partial charge in [0.2, 0.25) is 0 Å². The second-order valence-corrected chi connectivity index (χ2v) is 9.06. The van der Waals surface area contributed by atoms with Gasteiger partial charge in [0.05, 0.1) is 10.7 Å². The van der Waals surface area contributed by atoms with Crippen molar-refractivity contribution in [3.63, 3.8) is 0 Å². The van der Waals surface area contributed by atoms with Gasteiger partial charge in [-0.2, -0.15) is 5.26 Å². The maximum Gasteiger partial charge on any atom is 0.266 e. The summed E-state index contributed by atoms with van der Waals surface area (Å²) in [5, 5.41) is 13.3. The van der Waals surface area contributed by atoms with Gasteiger partial charge in [0, 0.05) is 21.3 Å². The molecule has 0 heterocycles. The van der Waals surface area contributed by atoms with Crippen LogP contribution >= 0.6 is 45.8 Å². The van der Waals surface area contributed by atoms with Crippen molar-refractivity contribution in [1.29, 1.82) is 5.26 Å². The molecule has 1 N–H and O–H groups in total. The number of amides is 1. The first kappa shape index (κ1) is 24.9. The maximum absolute atomic E-state index is 12.6. The molecule has 0 fully saturated rings. The Labute approximate surface area is 216 Å². The molecule has 0 saturated heterocycles. The molecule has 3 aromatic rings. The van der Waals surface area contributed by atoms with Crippen LogP contribution in [-0.2, 0) is 11.4 Å². The van der Waals surface area contributed by atoms with E-state index in [-0.39, 0.29) is 12.2 Å². The largest absolute Gasteiger partial charge is 0.493 e. The lowest BCUT2D eigenvalue weighted by molar-refractivity contribution is -0.112. The molecule has 0 aliphatic heterocycles. The van der Waals surface area contributed by atoms with Crippen molar-refractivity contribution in [3.05, 3.63) is 90.5 Å². The Balaban J connectivity index is 1.83. The van der Waals surface area contributed by atoms with Crippen molar-refractivity contribution in [3.8, 4) is 17.6 Å². The third kappa shape index (κ3) is 6.64. The van der Waals surface area contributed by atoms with E-state index in [4.69, 9.17) is 32.7 Å². The molecular weight excluding hydrogens is 574 g/mol. The average molecular weight is 593 g/mol. The van der Waals surface area contributed by atoms with Crippen molar-refractivity contribution < 1.29 is 14.3 Å². The molecule has 3 aromatic carbocycles. The van der Waals surface area contributed by atoms with E-state index in [9.17, 15) is 10.1 Å². The molecule has 0 aliphatic carbocycles. The van der Waals surface area contributed by atoms with Crippen LogP contribution in [0.4, 0.5) is 5.69 Å². The summed E-state index contributed by atoms with van der Waals surface area (Å²) < 4.78 is 12.2. The number of hydrogen-bond donors (Lipinski definition) is 1. The van der Waals surface area contributed by atoms with Crippen LogP contribution in [0.15, 0.2) is 60.2 Å². The van der Waals surface area contributed by atoms with Gasteiger partial charge in [0.1, 0.15) is 18.2 Å². The smallest absolute Gasteiger partial charge is 0.266 e. The lowest BCUT2D eigenvalue weighted by Gasteiger charge is -2.14. The summed E-state index contributed by atoms with van der Waals surface area (Å²) in [5.74, 6) is 0.508. The number of nitrogens with zero attached hydrogens (tertiary/aromatic N) is 1. The Morgan fingerprint density at radius 3 is 2.64 bits per heavy atom. The minimum atomic E-state index is -0.491. The molecule has 0 saturated carbocycles. The summed E-state index contributed by atoms with van der Waals surface area (Å²) in [6, 6.07) is 18.0. The third-order valence-electron chi connectivity index (χ3n) is 4.59. The Bertz CT molecular complexity index is 1270. The normalized spacial score (nSPS) is 11.0. The molecule has 168 valence electrons. The van der Waals surface area contributed by atoms with Crippen molar-refractivity contribution >= 4 is 63.5 Å². The van der Waals surface area contributed by atoms with E-state index in [2.05, 4.69) is 27.9 Å². The number of carbonyl (C=O) groups is 1. The van der Waals surface area contributed by atoms with E-state index in [0.717, 1.165) is 14.7 Å². The number of ether oxygens (including phenoxy) is 2. The fraction of sp³-hybridized carbons (Fsp3) is 0.120. The molecule has 0 atom stereocenters. The van der Waals surface area contributed by atoms with Crippen LogP contribution in [0, 0.1) is 21.8 Å². The zero-order valence-electron chi connectivity index (χ0n) is 17.8. The molecule has 0 aliphatic rings. The van der Waals surface area contributed by atoms with Gasteiger partial charge in [-0.15, -0.1) is 0 Å². The number of benzene rings is 3. The topological polar surface area (TPSA) is 71.3 Å². The molecule has 33 heavy (non-hydrogen) atoms. The third-order valence-corrected chi connectivity index (χ3v) is 5.98. The van der Waals surface area contributed by atoms with Gasteiger partial charge in [0.15, 0.2) is 11.5 Å². The standard InChI is InChI=1S/C25H19Cl2IN2O3/c1-15-4-3-5-20(8-15)30-25(31)18(13-29)9-16-10-22(28)24(23(11-16)32-2)33-14-17-6-7-19(26)12-21(17)27/h3-12H,14H2,1-2H3,(H,30,31)/b18-9-. The molecule has 0 aromatic heterocycles. The van der Waals surface area contributed by atoms with Gasteiger partial charge in [-0.25, -0.2) is 0 Å². The molecule has 5 nitrogen and oxygen atoms in total. The summed E-state index contributed by atoms with van der Waals surface area (Å²) in [6.07, 6.45) is 1.51. The van der Waals surface area contributed by atoms with Gasteiger partial charge in [-0.3, -0.25) is 4.79 Å². The van der Waals surface area contributed by atoms with E-state index in [1.807, 2.05) is 31.2 Å². The summed E-state index contributed by atoms with van der Waals surface area (Å²) >= 11 is 14.3. The molecule has 1 amide bonds. The summed E-state index contributed by atoms with van der Waals surface area (Å²) in [4.78, 5) is 12.6. The Kier molecular flexibility index (Phi) is 8.61. The van der Waals surface area contributed by atoms with Gasteiger partial charge in [0.25, 0.3) is 5.91 Å². The first-order chi connectivity index (χ1) is 15.8. The van der Waals surface area contributed by atoms with E-state index < -0.39 is 5.91 Å². The molecule has 0 spiro atoms. The fourth-order valence-corrected chi connectivity index (χ4v) is 4.23. The number of anilines is 1. The van der Waals surface area contributed by atoms with Crippen LogP contribution in [0.5, 0.6) is 11.5 Å². The highest BCUT2D eigenvalue weighted by Gasteiger charge is 2.15. The maximum atomic E-state index is 12.6. The van der Waals surface area contributed by atoms with Crippen molar-refractivity contribution in [2.75, 3.05) is 12.4 Å². The lowest BCUT2D eigenvalue weighted by Crippen LogP contribution is -2.13. The van der Waals surface area contributed by atoms with Crippen LogP contribution < -0.4 is 14.8 Å². The Hall–Kier alpha value is -2.73. The summed E-state index contributed by atoms with van der Waals surface area (Å²) in [7, 11) is 1.52. The van der Waals surface area contributed by atoms with E-state index >= 15 is 0 Å². The summed E-state index contributed by atoms with van der Waals surface area (Å²) in [6.45, 7) is 2.15. The van der Waals surface area contributed by atoms with E-state index in [1.54, 1.807) is 36.4 Å². The van der Waals surface area contributed by atoms with Crippen molar-refractivity contribution in [2.45, 2.75) is 13.5 Å². The average Bonchev–Trinajstić information content (AvgIpc) is 2.77. The highest BCUT2D eigenvalue weighted by atomic mass is 127.